The highest BCUT2D eigenvalue weighted by Crippen LogP contribution is 2.23. The topological polar surface area (TPSA) is 108 Å². The summed E-state index contributed by atoms with van der Waals surface area (Å²) in [6.07, 6.45) is -0.126. The monoisotopic (exact) mass is 466 g/mol. The molecule has 180 valence electrons. The largest absolute Gasteiger partial charge is 0.451 e. The van der Waals surface area contributed by atoms with E-state index in [9.17, 15) is 19.2 Å². The summed E-state index contributed by atoms with van der Waals surface area (Å²) in [5, 5.41) is 5.35. The molecule has 9 nitrogen and oxygen atoms in total. The minimum atomic E-state index is -1.12. The van der Waals surface area contributed by atoms with Crippen molar-refractivity contribution in [3.05, 3.63) is 60.2 Å². The molecule has 1 aliphatic heterocycles. The van der Waals surface area contributed by atoms with E-state index in [0.29, 0.717) is 18.5 Å². The number of nitrogens with one attached hydrogen (secondary N) is 2. The lowest BCUT2D eigenvalue weighted by Crippen LogP contribution is -2.45. The first kappa shape index (κ1) is 24.8. The molecule has 0 aromatic heterocycles. The van der Waals surface area contributed by atoms with Crippen LogP contribution in [0.5, 0.6) is 0 Å². The van der Waals surface area contributed by atoms with Gasteiger partial charge >= 0.3 is 12.0 Å². The van der Waals surface area contributed by atoms with E-state index < -0.39 is 42.0 Å². The number of hydrogen-bond donors (Lipinski definition) is 2. The fourth-order valence-electron chi connectivity index (χ4n) is 3.60. The molecule has 1 aliphatic rings. The molecule has 1 fully saturated rings. The number of aryl methyl sites for hydroxylation is 1. The van der Waals surface area contributed by atoms with E-state index in [1.165, 1.54) is 6.92 Å². The number of rotatable bonds is 9. The van der Waals surface area contributed by atoms with E-state index in [1.807, 2.05) is 61.5 Å². The van der Waals surface area contributed by atoms with Crippen molar-refractivity contribution in [2.24, 2.45) is 0 Å². The summed E-state index contributed by atoms with van der Waals surface area (Å²) < 4.78 is 5.17. The highest BCUT2D eigenvalue weighted by Gasteiger charge is 2.48. The maximum absolute atomic E-state index is 12.9. The van der Waals surface area contributed by atoms with Crippen molar-refractivity contribution in [1.29, 1.82) is 0 Å². The van der Waals surface area contributed by atoms with Crippen molar-refractivity contribution >= 4 is 35.2 Å². The second-order valence-electron chi connectivity index (χ2n) is 8.70. The van der Waals surface area contributed by atoms with Crippen molar-refractivity contribution in [2.45, 2.75) is 38.3 Å². The Balaban J connectivity index is 1.52. The smallest absolute Gasteiger partial charge is 0.327 e. The summed E-state index contributed by atoms with van der Waals surface area (Å²) in [5.41, 5.74) is 1.46. The third-order valence-corrected chi connectivity index (χ3v) is 5.72. The van der Waals surface area contributed by atoms with E-state index in [4.69, 9.17) is 4.74 Å². The Morgan fingerprint density at radius 3 is 2.35 bits per heavy atom. The quantitative estimate of drug-likeness (QED) is 0.434. The zero-order chi connectivity index (χ0) is 24.9. The number of urea groups is 1. The second-order valence-corrected chi connectivity index (χ2v) is 8.70. The summed E-state index contributed by atoms with van der Waals surface area (Å²) >= 11 is 0. The molecule has 1 saturated heterocycles. The van der Waals surface area contributed by atoms with Crippen LogP contribution in [-0.2, 0) is 25.5 Å². The van der Waals surface area contributed by atoms with Gasteiger partial charge in [-0.05, 0) is 56.5 Å². The lowest BCUT2D eigenvalue weighted by Gasteiger charge is -2.21. The Bertz CT molecular complexity index is 1050. The van der Waals surface area contributed by atoms with Gasteiger partial charge in [0.1, 0.15) is 12.1 Å². The third-order valence-electron chi connectivity index (χ3n) is 5.72. The summed E-state index contributed by atoms with van der Waals surface area (Å²) in [4.78, 5) is 52.8. The van der Waals surface area contributed by atoms with Gasteiger partial charge in [0.05, 0.1) is 0 Å². The van der Waals surface area contributed by atoms with Crippen molar-refractivity contribution in [3.63, 3.8) is 0 Å². The van der Waals surface area contributed by atoms with E-state index in [0.717, 1.165) is 16.2 Å². The number of carbonyl (C=O) groups excluding carboxylic acids is 4. The first-order chi connectivity index (χ1) is 16.1. The molecular weight excluding hydrogens is 436 g/mol. The van der Waals surface area contributed by atoms with Gasteiger partial charge in [-0.1, -0.05) is 30.3 Å². The number of amides is 4. The molecule has 34 heavy (non-hydrogen) atoms. The molecule has 3 rings (SSSR count). The first-order valence-electron chi connectivity index (χ1n) is 11.0. The normalized spacial score (nSPS) is 18.3. The van der Waals surface area contributed by atoms with Gasteiger partial charge in [0.2, 0.25) is 0 Å². The minimum Gasteiger partial charge on any atom is -0.451 e. The van der Waals surface area contributed by atoms with Gasteiger partial charge in [0.15, 0.2) is 6.10 Å². The number of anilines is 2. The SMILES string of the molecule is CC(OC(=O)CN1C(=O)NC(C)(CCc2ccccc2)C1=O)C(=O)Nc1ccc(N(C)C)cc1. The predicted octanol–water partition coefficient (Wildman–Crippen LogP) is 2.57. The standard InChI is InChI=1S/C25H30N4O5/c1-17(22(31)26-19-10-12-20(13-11-19)28(3)4)34-21(30)16-29-23(32)25(2,27-24(29)33)15-14-18-8-6-5-7-9-18/h5-13,17H,14-16H2,1-4H3,(H,26,31)(H,27,33). The first-order valence-corrected chi connectivity index (χ1v) is 11.0. The molecule has 2 aromatic rings. The Kier molecular flexibility index (Phi) is 7.55. The Morgan fingerprint density at radius 2 is 1.74 bits per heavy atom. The van der Waals surface area contributed by atoms with Crippen LogP contribution < -0.4 is 15.5 Å². The highest BCUT2D eigenvalue weighted by molar-refractivity contribution is 6.08. The van der Waals surface area contributed by atoms with E-state index in [1.54, 1.807) is 19.1 Å². The van der Waals surface area contributed by atoms with Crippen molar-refractivity contribution in [1.82, 2.24) is 10.2 Å². The molecule has 2 aromatic carbocycles. The molecule has 0 saturated carbocycles. The van der Waals surface area contributed by atoms with E-state index in [2.05, 4.69) is 10.6 Å². The van der Waals surface area contributed by atoms with Crippen molar-refractivity contribution in [3.8, 4) is 0 Å². The summed E-state index contributed by atoms with van der Waals surface area (Å²) in [5.74, 6) is -1.86. The number of nitrogens with zero attached hydrogens (tertiary/aromatic N) is 2. The van der Waals surface area contributed by atoms with Gasteiger partial charge < -0.3 is 20.3 Å². The number of carbonyl (C=O) groups is 4. The lowest BCUT2D eigenvalue weighted by atomic mass is 9.93. The molecule has 9 heteroatoms. The molecule has 1 heterocycles. The molecule has 0 spiro atoms. The van der Waals surface area contributed by atoms with E-state index >= 15 is 0 Å². The van der Waals surface area contributed by atoms with Crippen LogP contribution in [0.3, 0.4) is 0 Å². The molecule has 2 N–H and O–H groups in total. The van der Waals surface area contributed by atoms with Crippen molar-refractivity contribution < 1.29 is 23.9 Å². The lowest BCUT2D eigenvalue weighted by molar-refractivity contribution is -0.155. The highest BCUT2D eigenvalue weighted by atomic mass is 16.5. The fourth-order valence-corrected chi connectivity index (χ4v) is 3.60. The molecule has 0 aliphatic carbocycles. The number of ether oxygens (including phenoxy) is 1. The molecule has 0 radical (unpaired) electrons. The molecule has 2 unspecified atom stereocenters. The summed E-state index contributed by atoms with van der Waals surface area (Å²) in [7, 11) is 3.82. The van der Waals surface area contributed by atoms with Gasteiger partial charge in [0, 0.05) is 25.5 Å². The zero-order valence-corrected chi connectivity index (χ0v) is 19.8. The van der Waals surface area contributed by atoms with E-state index in [-0.39, 0.29) is 0 Å². The second kappa shape index (κ2) is 10.4. The van der Waals surface area contributed by atoms with Gasteiger partial charge in [-0.15, -0.1) is 0 Å². The Labute approximate surface area is 199 Å². The van der Waals surface area contributed by atoms with Gasteiger partial charge in [-0.2, -0.15) is 0 Å². The van der Waals surface area contributed by atoms with Crippen LogP contribution in [-0.4, -0.2) is 61.0 Å². The third kappa shape index (κ3) is 5.92. The molecular formula is C25H30N4O5. The van der Waals surface area contributed by atoms with Gasteiger partial charge in [0.25, 0.3) is 11.8 Å². The van der Waals surface area contributed by atoms with Crippen LogP contribution in [0.1, 0.15) is 25.8 Å². The number of esters is 1. The molecule has 0 bridgehead atoms. The van der Waals surface area contributed by atoms with Crippen molar-refractivity contribution in [2.75, 3.05) is 30.9 Å². The summed E-state index contributed by atoms with van der Waals surface area (Å²) in [6.45, 7) is 2.50. The average Bonchev–Trinajstić information content (AvgIpc) is 3.02. The zero-order valence-electron chi connectivity index (χ0n) is 19.8. The number of imide groups is 1. The van der Waals surface area contributed by atoms with Crippen LogP contribution in [0.25, 0.3) is 0 Å². The minimum absolute atomic E-state index is 0.387. The Morgan fingerprint density at radius 1 is 1.09 bits per heavy atom. The van der Waals surface area contributed by atoms with Crippen LogP contribution in [0.4, 0.5) is 16.2 Å². The summed E-state index contributed by atoms with van der Waals surface area (Å²) in [6, 6.07) is 16.1. The van der Waals surface area contributed by atoms with Crippen LogP contribution in [0, 0.1) is 0 Å². The predicted molar refractivity (Wildman–Crippen MR) is 128 cm³/mol. The number of hydrogen-bond acceptors (Lipinski definition) is 6. The van der Waals surface area contributed by atoms with Crippen LogP contribution >= 0.6 is 0 Å². The maximum Gasteiger partial charge on any atom is 0.327 e. The average molecular weight is 467 g/mol. The Hall–Kier alpha value is -3.88. The number of benzene rings is 2. The van der Waals surface area contributed by atoms with Gasteiger partial charge in [-0.3, -0.25) is 19.3 Å². The molecule has 2 atom stereocenters. The van der Waals surface area contributed by atoms with Crippen LogP contribution in [0.15, 0.2) is 54.6 Å². The van der Waals surface area contributed by atoms with Gasteiger partial charge in [-0.25, -0.2) is 4.79 Å². The van der Waals surface area contributed by atoms with Crippen LogP contribution in [0.2, 0.25) is 0 Å². The molecule has 4 amide bonds. The maximum atomic E-state index is 12.9. The fraction of sp³-hybridized carbons (Fsp3) is 0.360.